The van der Waals surface area contributed by atoms with E-state index in [0.717, 1.165) is 40.1 Å². The van der Waals surface area contributed by atoms with Crippen molar-refractivity contribution >= 4 is 21.7 Å². The van der Waals surface area contributed by atoms with E-state index in [4.69, 9.17) is 21.9 Å². The van der Waals surface area contributed by atoms with Crippen molar-refractivity contribution in [3.05, 3.63) is 28.5 Å². The number of imidazole rings is 1. The Bertz CT molecular complexity index is 726. The van der Waals surface area contributed by atoms with Gasteiger partial charge in [0, 0.05) is 11.5 Å². The smallest absolute Gasteiger partial charge is 0.133 e. The lowest BCUT2D eigenvalue weighted by Gasteiger charge is -2.06. The van der Waals surface area contributed by atoms with E-state index in [9.17, 15) is 0 Å². The molecule has 0 aliphatic heterocycles. The summed E-state index contributed by atoms with van der Waals surface area (Å²) in [6, 6.07) is 5.82. The van der Waals surface area contributed by atoms with E-state index in [1.165, 1.54) is 0 Å². The molecule has 0 saturated heterocycles. The number of methoxy groups -OCH3 is 1. The predicted octanol–water partition coefficient (Wildman–Crippen LogP) is 3.41. The van der Waals surface area contributed by atoms with Crippen LogP contribution in [-0.4, -0.2) is 16.7 Å². The molecular formula is C16H16BrN3O. The quantitative estimate of drug-likeness (QED) is 0.863. The van der Waals surface area contributed by atoms with E-state index in [1.807, 2.05) is 22.8 Å². The number of benzene rings is 1. The molecule has 21 heavy (non-hydrogen) atoms. The lowest BCUT2D eigenvalue weighted by atomic mass is 10.1. The van der Waals surface area contributed by atoms with Gasteiger partial charge in [0.05, 0.1) is 18.1 Å². The largest absolute Gasteiger partial charge is 0.496 e. The topological polar surface area (TPSA) is 53.1 Å². The molecule has 1 saturated carbocycles. The average molecular weight is 346 g/mol. The molecule has 1 fully saturated rings. The van der Waals surface area contributed by atoms with Crippen molar-refractivity contribution in [2.45, 2.75) is 25.3 Å². The van der Waals surface area contributed by atoms with Gasteiger partial charge in [-0.2, -0.15) is 0 Å². The van der Waals surface area contributed by atoms with Gasteiger partial charge in [0.1, 0.15) is 23.1 Å². The molecule has 108 valence electrons. The van der Waals surface area contributed by atoms with Crippen molar-refractivity contribution in [1.29, 1.82) is 0 Å². The van der Waals surface area contributed by atoms with E-state index in [-0.39, 0.29) is 0 Å². The molecule has 0 atom stereocenters. The third kappa shape index (κ3) is 2.52. The molecule has 1 aliphatic carbocycles. The van der Waals surface area contributed by atoms with Gasteiger partial charge >= 0.3 is 0 Å². The van der Waals surface area contributed by atoms with E-state index in [0.29, 0.717) is 18.3 Å². The van der Waals surface area contributed by atoms with Crippen LogP contribution in [0.1, 0.15) is 24.6 Å². The molecule has 1 heterocycles. The highest BCUT2D eigenvalue weighted by atomic mass is 79.9. The molecule has 2 aromatic rings. The van der Waals surface area contributed by atoms with E-state index in [1.54, 1.807) is 7.11 Å². The highest BCUT2D eigenvalue weighted by molar-refractivity contribution is 9.10. The van der Waals surface area contributed by atoms with Crippen molar-refractivity contribution in [3.63, 3.8) is 0 Å². The number of halogens is 1. The van der Waals surface area contributed by atoms with Gasteiger partial charge in [-0.05, 0) is 47.0 Å². The summed E-state index contributed by atoms with van der Waals surface area (Å²) in [5, 5.41) is 0. The molecule has 4 nitrogen and oxygen atoms in total. The first-order valence-corrected chi connectivity index (χ1v) is 7.58. The maximum atomic E-state index is 6.27. The minimum absolute atomic E-state index is 0.460. The highest BCUT2D eigenvalue weighted by Crippen LogP contribution is 2.42. The SMILES string of the molecule is C#CCn1c(C2CC2)nc(-c2ccc(OC)c(Br)c2)c1N. The van der Waals surface area contributed by atoms with Crippen molar-refractivity contribution in [3.8, 4) is 29.4 Å². The molecule has 0 bridgehead atoms. The van der Waals surface area contributed by atoms with Gasteiger partial charge < -0.3 is 15.0 Å². The first-order valence-electron chi connectivity index (χ1n) is 6.79. The third-order valence-electron chi connectivity index (χ3n) is 3.65. The first kappa shape index (κ1) is 14.0. The van der Waals surface area contributed by atoms with Crippen molar-refractivity contribution < 1.29 is 4.74 Å². The second-order valence-electron chi connectivity index (χ2n) is 5.12. The number of ether oxygens (including phenoxy) is 1. The van der Waals surface area contributed by atoms with Crippen molar-refractivity contribution in [1.82, 2.24) is 9.55 Å². The maximum absolute atomic E-state index is 6.27. The Labute approximate surface area is 132 Å². The summed E-state index contributed by atoms with van der Waals surface area (Å²) in [6.45, 7) is 0.460. The van der Waals surface area contributed by atoms with Crippen LogP contribution in [0.4, 0.5) is 5.82 Å². The number of nitrogens with zero attached hydrogens (tertiary/aromatic N) is 2. The van der Waals surface area contributed by atoms with Gasteiger partial charge in [0.25, 0.3) is 0 Å². The second kappa shape index (κ2) is 5.45. The van der Waals surface area contributed by atoms with Crippen molar-refractivity contribution in [2.24, 2.45) is 0 Å². The van der Waals surface area contributed by atoms with Crippen LogP contribution < -0.4 is 10.5 Å². The molecule has 5 heteroatoms. The minimum Gasteiger partial charge on any atom is -0.496 e. The zero-order chi connectivity index (χ0) is 15.0. The van der Waals surface area contributed by atoms with Crippen LogP contribution in [0.5, 0.6) is 5.75 Å². The van der Waals surface area contributed by atoms with Crippen LogP contribution in [0.25, 0.3) is 11.3 Å². The number of nitrogens with two attached hydrogens (primary N) is 1. The van der Waals surface area contributed by atoms with Crippen LogP contribution >= 0.6 is 15.9 Å². The predicted molar refractivity (Wildman–Crippen MR) is 87.1 cm³/mol. The number of aromatic nitrogens is 2. The molecule has 0 radical (unpaired) electrons. The number of nitrogen functional groups attached to an aromatic ring is 1. The van der Waals surface area contributed by atoms with Gasteiger partial charge in [-0.1, -0.05) is 5.92 Å². The van der Waals surface area contributed by atoms with Crippen LogP contribution in [0.15, 0.2) is 22.7 Å². The van der Waals surface area contributed by atoms with Gasteiger partial charge in [-0.3, -0.25) is 0 Å². The van der Waals surface area contributed by atoms with Crippen LogP contribution in [0.2, 0.25) is 0 Å². The lowest BCUT2D eigenvalue weighted by Crippen LogP contribution is -2.05. The van der Waals surface area contributed by atoms with E-state index >= 15 is 0 Å². The van der Waals surface area contributed by atoms with E-state index in [2.05, 4.69) is 21.9 Å². The molecule has 1 aliphatic rings. The molecular weight excluding hydrogens is 330 g/mol. The molecule has 1 aromatic heterocycles. The number of anilines is 1. The molecule has 2 N–H and O–H groups in total. The fourth-order valence-electron chi connectivity index (χ4n) is 2.42. The third-order valence-corrected chi connectivity index (χ3v) is 4.27. The Morgan fingerprint density at radius 1 is 1.52 bits per heavy atom. The fraction of sp³-hybridized carbons (Fsp3) is 0.312. The lowest BCUT2D eigenvalue weighted by molar-refractivity contribution is 0.412. The standard InChI is InChI=1S/C16H16BrN3O/c1-3-8-20-15(18)14(19-16(20)10-4-5-10)11-6-7-13(21-2)12(17)9-11/h1,6-7,9-10H,4-5,8,18H2,2H3. The molecule has 1 aromatic carbocycles. The van der Waals surface area contributed by atoms with Crippen LogP contribution in [-0.2, 0) is 6.54 Å². The Morgan fingerprint density at radius 3 is 2.86 bits per heavy atom. The summed E-state index contributed by atoms with van der Waals surface area (Å²) >= 11 is 3.49. The van der Waals surface area contributed by atoms with Gasteiger partial charge in [0.2, 0.25) is 0 Å². The maximum Gasteiger partial charge on any atom is 0.133 e. The van der Waals surface area contributed by atoms with Gasteiger partial charge in [0.15, 0.2) is 0 Å². The Morgan fingerprint density at radius 2 is 2.29 bits per heavy atom. The van der Waals surface area contributed by atoms with Crippen LogP contribution in [0, 0.1) is 12.3 Å². The number of terminal acetylenes is 1. The summed E-state index contributed by atoms with van der Waals surface area (Å²) in [5.41, 5.74) is 8.01. The minimum atomic E-state index is 0.460. The number of hydrogen-bond donors (Lipinski definition) is 1. The van der Waals surface area contributed by atoms with E-state index < -0.39 is 0 Å². The number of hydrogen-bond acceptors (Lipinski definition) is 3. The summed E-state index contributed by atoms with van der Waals surface area (Å²) in [4.78, 5) is 4.74. The molecule has 3 rings (SSSR count). The normalized spacial score (nSPS) is 14.0. The summed E-state index contributed by atoms with van der Waals surface area (Å²) in [5.74, 6) is 5.57. The molecule has 0 spiro atoms. The Balaban J connectivity index is 2.08. The first-order chi connectivity index (χ1) is 10.2. The molecule has 0 amide bonds. The molecule has 0 unspecified atom stereocenters. The summed E-state index contributed by atoms with van der Waals surface area (Å²) in [6.07, 6.45) is 7.77. The van der Waals surface area contributed by atoms with Gasteiger partial charge in [-0.25, -0.2) is 4.98 Å². The number of rotatable bonds is 4. The monoisotopic (exact) mass is 345 g/mol. The Hall–Kier alpha value is -1.93. The van der Waals surface area contributed by atoms with Crippen LogP contribution in [0.3, 0.4) is 0 Å². The zero-order valence-corrected chi connectivity index (χ0v) is 13.4. The van der Waals surface area contributed by atoms with Gasteiger partial charge in [-0.15, -0.1) is 6.42 Å². The van der Waals surface area contributed by atoms with Crippen molar-refractivity contribution in [2.75, 3.05) is 12.8 Å². The highest BCUT2D eigenvalue weighted by Gasteiger charge is 2.30. The summed E-state index contributed by atoms with van der Waals surface area (Å²) < 4.78 is 8.08. The second-order valence-corrected chi connectivity index (χ2v) is 5.97. The Kier molecular flexibility index (Phi) is 3.64. The zero-order valence-electron chi connectivity index (χ0n) is 11.8. The summed E-state index contributed by atoms with van der Waals surface area (Å²) in [7, 11) is 1.64. The fourth-order valence-corrected chi connectivity index (χ4v) is 2.96. The average Bonchev–Trinajstić information content (AvgIpc) is 3.26.